The molecule has 0 saturated carbocycles. The highest BCUT2D eigenvalue weighted by atomic mass is 19.1. The summed E-state index contributed by atoms with van der Waals surface area (Å²) in [6, 6.07) is 9.71. The normalized spacial score (nSPS) is 10.0. The van der Waals surface area contributed by atoms with E-state index in [9.17, 15) is 18.4 Å². The van der Waals surface area contributed by atoms with E-state index in [4.69, 9.17) is 0 Å². The maximum atomic E-state index is 13.5. The second-order valence-electron chi connectivity index (χ2n) is 4.54. The Labute approximate surface area is 131 Å². The van der Waals surface area contributed by atoms with E-state index in [-0.39, 0.29) is 12.1 Å². The van der Waals surface area contributed by atoms with Crippen LogP contribution < -0.4 is 10.6 Å². The van der Waals surface area contributed by atoms with Crippen LogP contribution >= 0.6 is 0 Å². The molecule has 1 amide bonds. The van der Waals surface area contributed by atoms with Gasteiger partial charge in [-0.3, -0.25) is 4.79 Å². The second-order valence-corrected chi connectivity index (χ2v) is 4.54. The number of esters is 1. The molecule has 7 heteroatoms. The van der Waals surface area contributed by atoms with Gasteiger partial charge in [-0.1, -0.05) is 18.2 Å². The fourth-order valence-corrected chi connectivity index (χ4v) is 1.90. The zero-order chi connectivity index (χ0) is 16.8. The molecule has 0 saturated heterocycles. The van der Waals surface area contributed by atoms with Crippen molar-refractivity contribution in [3.63, 3.8) is 0 Å². The fourth-order valence-electron chi connectivity index (χ4n) is 1.90. The number of anilines is 2. The maximum absolute atomic E-state index is 13.5. The van der Waals surface area contributed by atoms with Crippen molar-refractivity contribution in [3.8, 4) is 0 Å². The van der Waals surface area contributed by atoms with Crippen LogP contribution in [-0.4, -0.2) is 25.5 Å². The van der Waals surface area contributed by atoms with E-state index in [1.807, 2.05) is 0 Å². The van der Waals surface area contributed by atoms with Gasteiger partial charge in [-0.2, -0.15) is 0 Å². The molecule has 0 bridgehead atoms. The quantitative estimate of drug-likeness (QED) is 0.831. The summed E-state index contributed by atoms with van der Waals surface area (Å²) in [5, 5.41) is 4.87. The van der Waals surface area contributed by atoms with Crippen molar-refractivity contribution in [2.45, 2.75) is 0 Å². The summed E-state index contributed by atoms with van der Waals surface area (Å²) < 4.78 is 31.5. The van der Waals surface area contributed by atoms with Gasteiger partial charge in [0.2, 0.25) is 5.91 Å². The highest BCUT2D eigenvalue weighted by Crippen LogP contribution is 2.18. The molecule has 0 aliphatic heterocycles. The molecule has 0 aliphatic rings. The van der Waals surface area contributed by atoms with Gasteiger partial charge >= 0.3 is 5.97 Å². The van der Waals surface area contributed by atoms with E-state index in [1.54, 1.807) is 18.2 Å². The lowest BCUT2D eigenvalue weighted by Gasteiger charge is -2.11. The average molecular weight is 320 g/mol. The molecule has 0 spiro atoms. The Morgan fingerprint density at radius 2 is 1.70 bits per heavy atom. The van der Waals surface area contributed by atoms with E-state index < -0.39 is 29.2 Å². The van der Waals surface area contributed by atoms with Crippen molar-refractivity contribution in [3.05, 3.63) is 59.7 Å². The average Bonchev–Trinajstić information content (AvgIpc) is 2.56. The summed E-state index contributed by atoms with van der Waals surface area (Å²) in [6.45, 7) is -0.276. The Hall–Kier alpha value is -2.96. The summed E-state index contributed by atoms with van der Waals surface area (Å²) in [5.41, 5.74) is 0.115. The van der Waals surface area contributed by atoms with Crippen LogP contribution in [0, 0.1) is 11.6 Å². The number of hydrogen-bond acceptors (Lipinski definition) is 4. The first kappa shape index (κ1) is 16.4. The van der Waals surface area contributed by atoms with Gasteiger partial charge in [0.25, 0.3) is 0 Å². The predicted octanol–water partition coefficient (Wildman–Crippen LogP) is 2.80. The van der Waals surface area contributed by atoms with Crippen molar-refractivity contribution in [2.24, 2.45) is 0 Å². The van der Waals surface area contributed by atoms with Crippen molar-refractivity contribution in [1.82, 2.24) is 0 Å². The Morgan fingerprint density at radius 1 is 1.04 bits per heavy atom. The van der Waals surface area contributed by atoms with E-state index in [0.717, 1.165) is 12.1 Å². The molecule has 0 aromatic heterocycles. The Bertz CT molecular complexity index is 715. The van der Waals surface area contributed by atoms with Gasteiger partial charge < -0.3 is 15.4 Å². The SMILES string of the molecule is COC(=O)c1ccccc1NCC(=O)Nc1c(F)cccc1F. The number of methoxy groups -OCH3 is 1. The molecule has 0 atom stereocenters. The topological polar surface area (TPSA) is 67.4 Å². The van der Waals surface area contributed by atoms with Crippen molar-refractivity contribution in [2.75, 3.05) is 24.3 Å². The standard InChI is InChI=1S/C16H14F2N2O3/c1-23-16(22)10-5-2-3-8-13(10)19-9-14(21)20-15-11(17)6-4-7-12(15)18/h2-8,19H,9H2,1H3,(H,20,21). The summed E-state index contributed by atoms with van der Waals surface area (Å²) in [5.74, 6) is -2.95. The van der Waals surface area contributed by atoms with Crippen LogP contribution in [0.25, 0.3) is 0 Å². The molecular formula is C16H14F2N2O3. The van der Waals surface area contributed by atoms with Gasteiger partial charge in [0.15, 0.2) is 0 Å². The van der Waals surface area contributed by atoms with Crippen LogP contribution in [0.5, 0.6) is 0 Å². The number of carbonyl (C=O) groups excluding carboxylic acids is 2. The third kappa shape index (κ3) is 4.03. The monoisotopic (exact) mass is 320 g/mol. The van der Waals surface area contributed by atoms with Crippen LogP contribution in [0.2, 0.25) is 0 Å². The summed E-state index contributed by atoms with van der Waals surface area (Å²) in [7, 11) is 1.24. The van der Waals surface area contributed by atoms with Gasteiger partial charge in [0.05, 0.1) is 19.2 Å². The minimum Gasteiger partial charge on any atom is -0.465 e. The third-order valence-electron chi connectivity index (χ3n) is 3.00. The number of nitrogens with one attached hydrogen (secondary N) is 2. The van der Waals surface area contributed by atoms with Crippen molar-refractivity contribution in [1.29, 1.82) is 0 Å². The van der Waals surface area contributed by atoms with E-state index in [2.05, 4.69) is 15.4 Å². The Morgan fingerprint density at radius 3 is 2.35 bits per heavy atom. The van der Waals surface area contributed by atoms with Gasteiger partial charge in [0, 0.05) is 5.69 Å². The number of carbonyl (C=O) groups is 2. The second kappa shape index (κ2) is 7.35. The molecular weight excluding hydrogens is 306 g/mol. The maximum Gasteiger partial charge on any atom is 0.339 e. The van der Waals surface area contributed by atoms with Crippen LogP contribution in [0.3, 0.4) is 0 Å². The Kier molecular flexibility index (Phi) is 5.24. The number of hydrogen-bond donors (Lipinski definition) is 2. The molecule has 2 N–H and O–H groups in total. The number of halogens is 2. The summed E-state index contributed by atoms with van der Waals surface area (Å²) >= 11 is 0. The van der Waals surface area contributed by atoms with Crippen molar-refractivity contribution < 1.29 is 23.1 Å². The first-order chi connectivity index (χ1) is 11.0. The minimum absolute atomic E-state index is 0.250. The lowest BCUT2D eigenvalue weighted by Crippen LogP contribution is -2.23. The molecule has 0 fully saturated rings. The number of ether oxygens (including phenoxy) is 1. The molecule has 2 aromatic rings. The Balaban J connectivity index is 2.04. The smallest absolute Gasteiger partial charge is 0.339 e. The lowest BCUT2D eigenvalue weighted by molar-refractivity contribution is -0.114. The van der Waals surface area contributed by atoms with Gasteiger partial charge in [-0.25, -0.2) is 13.6 Å². The van der Waals surface area contributed by atoms with Gasteiger partial charge in [-0.05, 0) is 24.3 Å². The first-order valence-corrected chi connectivity index (χ1v) is 6.68. The molecule has 5 nitrogen and oxygen atoms in total. The number of para-hydroxylation sites is 2. The molecule has 0 heterocycles. The third-order valence-corrected chi connectivity index (χ3v) is 3.00. The van der Waals surface area contributed by atoms with E-state index >= 15 is 0 Å². The molecule has 2 rings (SSSR count). The number of rotatable bonds is 5. The van der Waals surface area contributed by atoms with E-state index in [1.165, 1.54) is 19.2 Å². The summed E-state index contributed by atoms with van der Waals surface area (Å²) in [6.07, 6.45) is 0. The van der Waals surface area contributed by atoms with Gasteiger partial charge in [-0.15, -0.1) is 0 Å². The predicted molar refractivity (Wildman–Crippen MR) is 81.3 cm³/mol. The zero-order valence-corrected chi connectivity index (χ0v) is 12.2. The van der Waals surface area contributed by atoms with Crippen molar-refractivity contribution >= 4 is 23.3 Å². The largest absolute Gasteiger partial charge is 0.465 e. The van der Waals surface area contributed by atoms with Crippen LogP contribution in [-0.2, 0) is 9.53 Å². The van der Waals surface area contributed by atoms with Crippen LogP contribution in [0.4, 0.5) is 20.2 Å². The molecule has 120 valence electrons. The minimum atomic E-state index is -0.867. The molecule has 0 radical (unpaired) electrons. The molecule has 0 aliphatic carbocycles. The first-order valence-electron chi connectivity index (χ1n) is 6.68. The lowest BCUT2D eigenvalue weighted by atomic mass is 10.2. The van der Waals surface area contributed by atoms with E-state index in [0.29, 0.717) is 5.69 Å². The molecule has 23 heavy (non-hydrogen) atoms. The number of benzene rings is 2. The number of amides is 1. The molecule has 0 unspecified atom stereocenters. The van der Waals surface area contributed by atoms with Crippen LogP contribution in [0.15, 0.2) is 42.5 Å². The highest BCUT2D eigenvalue weighted by Gasteiger charge is 2.14. The van der Waals surface area contributed by atoms with Crippen LogP contribution in [0.1, 0.15) is 10.4 Å². The summed E-state index contributed by atoms with van der Waals surface area (Å²) in [4.78, 5) is 23.4. The fraction of sp³-hybridized carbons (Fsp3) is 0.125. The highest BCUT2D eigenvalue weighted by molar-refractivity contribution is 5.98. The van der Waals surface area contributed by atoms with Gasteiger partial charge in [0.1, 0.15) is 17.3 Å². The molecule has 2 aromatic carbocycles. The zero-order valence-electron chi connectivity index (χ0n) is 12.2.